The molecule has 2 nitrogen and oxygen atoms in total. The summed E-state index contributed by atoms with van der Waals surface area (Å²) in [4.78, 5) is 13.7. The number of benzene rings is 1. The van der Waals surface area contributed by atoms with Crippen molar-refractivity contribution < 1.29 is 4.79 Å². The summed E-state index contributed by atoms with van der Waals surface area (Å²) < 4.78 is 0. The molecular formula is C16H20NO. The zero-order chi connectivity index (χ0) is 13.4. The molecule has 1 aromatic rings. The SMILES string of the molecule is C=CCN(CC=C)[C@@]([C]=O)(CC)c1ccccc1. The van der Waals surface area contributed by atoms with E-state index >= 15 is 0 Å². The smallest absolute Gasteiger partial charge is 0.225 e. The Morgan fingerprint density at radius 3 is 2.17 bits per heavy atom. The molecule has 1 atom stereocenters. The van der Waals surface area contributed by atoms with Gasteiger partial charge in [0.15, 0.2) is 0 Å². The summed E-state index contributed by atoms with van der Waals surface area (Å²) >= 11 is 0. The first-order chi connectivity index (χ1) is 8.75. The normalized spacial score (nSPS) is 13.9. The lowest BCUT2D eigenvalue weighted by atomic mass is 9.86. The molecule has 0 aliphatic heterocycles. The van der Waals surface area contributed by atoms with Crippen molar-refractivity contribution in [2.24, 2.45) is 0 Å². The molecule has 95 valence electrons. The van der Waals surface area contributed by atoms with Crippen LogP contribution in [0.25, 0.3) is 0 Å². The van der Waals surface area contributed by atoms with Crippen LogP contribution in [0, 0.1) is 0 Å². The Kier molecular flexibility index (Phi) is 5.53. The van der Waals surface area contributed by atoms with E-state index in [0.717, 1.165) is 5.56 Å². The molecule has 0 amide bonds. The summed E-state index contributed by atoms with van der Waals surface area (Å²) in [5.74, 6) is 0. The second kappa shape index (κ2) is 6.92. The van der Waals surface area contributed by atoms with E-state index in [4.69, 9.17) is 0 Å². The van der Waals surface area contributed by atoms with Crippen molar-refractivity contribution in [3.05, 3.63) is 61.2 Å². The molecule has 0 aliphatic rings. The molecule has 0 bridgehead atoms. The van der Waals surface area contributed by atoms with Gasteiger partial charge in [-0.1, -0.05) is 49.4 Å². The Hall–Kier alpha value is -1.67. The molecule has 0 spiro atoms. The summed E-state index contributed by atoms with van der Waals surface area (Å²) in [7, 11) is 0. The van der Waals surface area contributed by atoms with Crippen LogP contribution in [0.2, 0.25) is 0 Å². The Morgan fingerprint density at radius 2 is 1.78 bits per heavy atom. The average Bonchev–Trinajstić information content (AvgIpc) is 2.42. The van der Waals surface area contributed by atoms with Gasteiger partial charge in [-0.25, -0.2) is 0 Å². The van der Waals surface area contributed by atoms with E-state index in [9.17, 15) is 4.79 Å². The molecule has 1 rings (SSSR count). The van der Waals surface area contributed by atoms with Gasteiger partial charge in [0, 0.05) is 13.1 Å². The van der Waals surface area contributed by atoms with E-state index < -0.39 is 5.54 Å². The van der Waals surface area contributed by atoms with E-state index in [1.165, 1.54) is 0 Å². The van der Waals surface area contributed by atoms with E-state index in [2.05, 4.69) is 19.4 Å². The van der Waals surface area contributed by atoms with E-state index in [1.807, 2.05) is 42.2 Å². The number of rotatable bonds is 8. The average molecular weight is 242 g/mol. The van der Waals surface area contributed by atoms with Crippen molar-refractivity contribution in [1.29, 1.82) is 0 Å². The molecule has 18 heavy (non-hydrogen) atoms. The summed E-state index contributed by atoms with van der Waals surface area (Å²) in [6.07, 6.45) is 6.50. The maximum absolute atomic E-state index is 11.6. The largest absolute Gasteiger partial charge is 0.288 e. The van der Waals surface area contributed by atoms with Gasteiger partial charge in [-0.3, -0.25) is 9.69 Å². The zero-order valence-electron chi connectivity index (χ0n) is 10.9. The van der Waals surface area contributed by atoms with Gasteiger partial charge in [0.2, 0.25) is 6.29 Å². The molecule has 0 fully saturated rings. The van der Waals surface area contributed by atoms with Crippen molar-refractivity contribution in [3.63, 3.8) is 0 Å². The third-order valence-electron chi connectivity index (χ3n) is 3.17. The summed E-state index contributed by atoms with van der Waals surface area (Å²) in [5, 5.41) is 0. The molecule has 0 saturated heterocycles. The fourth-order valence-electron chi connectivity index (χ4n) is 2.22. The van der Waals surface area contributed by atoms with E-state index in [0.29, 0.717) is 19.5 Å². The molecule has 1 aromatic carbocycles. The summed E-state index contributed by atoms with van der Waals surface area (Å²) in [6.45, 7) is 10.8. The fraction of sp³-hybridized carbons (Fsp3) is 0.312. The lowest BCUT2D eigenvalue weighted by Gasteiger charge is -2.38. The number of hydrogen-bond donors (Lipinski definition) is 0. The maximum atomic E-state index is 11.6. The van der Waals surface area contributed by atoms with Crippen LogP contribution >= 0.6 is 0 Å². The van der Waals surface area contributed by atoms with Crippen LogP contribution in [0.1, 0.15) is 18.9 Å². The van der Waals surface area contributed by atoms with Gasteiger partial charge in [0.25, 0.3) is 0 Å². The fourth-order valence-corrected chi connectivity index (χ4v) is 2.22. The molecule has 0 aliphatic carbocycles. The second-order valence-electron chi connectivity index (χ2n) is 4.16. The van der Waals surface area contributed by atoms with Crippen LogP contribution in [0.4, 0.5) is 0 Å². The van der Waals surface area contributed by atoms with Crippen LogP contribution < -0.4 is 0 Å². The van der Waals surface area contributed by atoms with Crippen molar-refractivity contribution in [3.8, 4) is 0 Å². The topological polar surface area (TPSA) is 20.3 Å². The Bertz CT molecular complexity index is 389. The molecule has 0 N–H and O–H groups in total. The highest BCUT2D eigenvalue weighted by atomic mass is 16.1. The van der Waals surface area contributed by atoms with Crippen LogP contribution in [0.3, 0.4) is 0 Å². The highest BCUT2D eigenvalue weighted by Crippen LogP contribution is 2.30. The first-order valence-corrected chi connectivity index (χ1v) is 6.16. The van der Waals surface area contributed by atoms with Crippen molar-refractivity contribution in [2.45, 2.75) is 18.9 Å². The number of nitrogens with zero attached hydrogens (tertiary/aromatic N) is 1. The van der Waals surface area contributed by atoms with Crippen LogP contribution in [0.15, 0.2) is 55.6 Å². The summed E-state index contributed by atoms with van der Waals surface area (Å²) in [6, 6.07) is 9.76. The highest BCUT2D eigenvalue weighted by molar-refractivity contribution is 5.68. The van der Waals surface area contributed by atoms with Crippen LogP contribution in [0.5, 0.6) is 0 Å². The summed E-state index contributed by atoms with van der Waals surface area (Å²) in [5.41, 5.74) is 0.245. The van der Waals surface area contributed by atoms with E-state index in [1.54, 1.807) is 12.2 Å². The Morgan fingerprint density at radius 1 is 1.22 bits per heavy atom. The van der Waals surface area contributed by atoms with Gasteiger partial charge in [-0.2, -0.15) is 0 Å². The van der Waals surface area contributed by atoms with Gasteiger partial charge in [-0.05, 0) is 12.0 Å². The highest BCUT2D eigenvalue weighted by Gasteiger charge is 2.36. The van der Waals surface area contributed by atoms with Crippen LogP contribution in [-0.2, 0) is 10.3 Å². The van der Waals surface area contributed by atoms with Crippen molar-refractivity contribution in [1.82, 2.24) is 4.90 Å². The Labute approximate surface area is 110 Å². The predicted molar refractivity (Wildman–Crippen MR) is 76.1 cm³/mol. The molecule has 0 heterocycles. The third-order valence-corrected chi connectivity index (χ3v) is 3.17. The van der Waals surface area contributed by atoms with Gasteiger partial charge in [-0.15, -0.1) is 13.2 Å². The van der Waals surface area contributed by atoms with Gasteiger partial charge in [0.1, 0.15) is 5.54 Å². The second-order valence-corrected chi connectivity index (χ2v) is 4.16. The first kappa shape index (κ1) is 14.4. The van der Waals surface area contributed by atoms with Crippen molar-refractivity contribution >= 4 is 6.29 Å². The third kappa shape index (κ3) is 2.77. The van der Waals surface area contributed by atoms with E-state index in [-0.39, 0.29) is 0 Å². The minimum absolute atomic E-state index is 0.629. The molecular weight excluding hydrogens is 222 g/mol. The minimum Gasteiger partial charge on any atom is -0.288 e. The number of carbonyl (C=O) groups excluding carboxylic acids is 1. The molecule has 1 radical (unpaired) electrons. The minimum atomic E-state index is -0.719. The number of hydrogen-bond acceptors (Lipinski definition) is 2. The quantitative estimate of drug-likeness (QED) is 0.653. The van der Waals surface area contributed by atoms with Gasteiger partial charge >= 0.3 is 0 Å². The first-order valence-electron chi connectivity index (χ1n) is 6.16. The molecule has 0 aromatic heterocycles. The standard InChI is InChI=1S/C16H20NO/c1-4-12-17(13-5-2)16(6-3,14-18)15-10-8-7-9-11-15/h4-5,7-11H,1-2,6,12-13H2,3H3/t16-/m1/s1. The van der Waals surface area contributed by atoms with Gasteiger partial charge in [0.05, 0.1) is 0 Å². The molecule has 0 unspecified atom stereocenters. The lowest BCUT2D eigenvalue weighted by molar-refractivity contribution is 0.173. The molecule has 0 saturated carbocycles. The lowest BCUT2D eigenvalue weighted by Crippen LogP contribution is -2.47. The molecule has 2 heteroatoms. The van der Waals surface area contributed by atoms with Crippen molar-refractivity contribution in [2.75, 3.05) is 13.1 Å². The zero-order valence-corrected chi connectivity index (χ0v) is 10.9. The predicted octanol–water partition coefficient (Wildman–Crippen LogP) is 3.08. The van der Waals surface area contributed by atoms with Crippen LogP contribution in [-0.4, -0.2) is 24.3 Å². The monoisotopic (exact) mass is 242 g/mol. The maximum Gasteiger partial charge on any atom is 0.225 e. The van der Waals surface area contributed by atoms with Gasteiger partial charge < -0.3 is 0 Å². The Balaban J connectivity index is 3.23.